The van der Waals surface area contributed by atoms with Crippen LogP contribution in [0.3, 0.4) is 0 Å². The molecule has 0 fully saturated rings. The van der Waals surface area contributed by atoms with E-state index in [1.807, 2.05) is 0 Å². The molecule has 4 heteroatoms. The first-order valence-electron chi connectivity index (χ1n) is 8.60. The minimum Gasteiger partial charge on any atom is -0.313 e. The van der Waals surface area contributed by atoms with E-state index in [0.29, 0.717) is 12.1 Å². The summed E-state index contributed by atoms with van der Waals surface area (Å²) in [5.74, 6) is 2.44. The Morgan fingerprint density at radius 2 is 1.95 bits per heavy atom. The fraction of sp³-hybridized carbons (Fsp3) is 0.824. The third-order valence-corrected chi connectivity index (χ3v) is 5.12. The minimum atomic E-state index is 0.548. The molecule has 0 aliphatic carbocycles. The molecule has 1 N–H and O–H groups in total. The van der Waals surface area contributed by atoms with Crippen LogP contribution in [-0.4, -0.2) is 33.9 Å². The van der Waals surface area contributed by atoms with Crippen molar-refractivity contribution in [2.45, 2.75) is 71.9 Å². The third-order valence-electron chi connectivity index (χ3n) is 3.79. The van der Waals surface area contributed by atoms with Crippen LogP contribution in [0, 0.1) is 0 Å². The lowest BCUT2D eigenvalue weighted by Crippen LogP contribution is -2.34. The molecule has 0 amide bonds. The zero-order valence-corrected chi connectivity index (χ0v) is 15.1. The Hall–Kier alpha value is -0.480. The average Bonchev–Trinajstić information content (AvgIpc) is 2.94. The van der Waals surface area contributed by atoms with Gasteiger partial charge < -0.3 is 5.32 Å². The maximum absolute atomic E-state index is 4.80. The Morgan fingerprint density at radius 1 is 1.19 bits per heavy atom. The summed E-state index contributed by atoms with van der Waals surface area (Å²) >= 11 is 2.06. The number of rotatable bonds is 12. The van der Waals surface area contributed by atoms with Crippen LogP contribution < -0.4 is 5.32 Å². The van der Waals surface area contributed by atoms with Gasteiger partial charge in [0.15, 0.2) is 0 Å². The van der Waals surface area contributed by atoms with Crippen LogP contribution in [0.15, 0.2) is 12.3 Å². The maximum Gasteiger partial charge on any atom is 0.0640 e. The number of nitrogens with zero attached hydrogens (tertiary/aromatic N) is 2. The molecule has 0 saturated carbocycles. The summed E-state index contributed by atoms with van der Waals surface area (Å²) in [6.07, 6.45) is 7.96. The first-order valence-corrected chi connectivity index (χ1v) is 9.75. The largest absolute Gasteiger partial charge is 0.313 e. The van der Waals surface area contributed by atoms with Crippen LogP contribution in [0.2, 0.25) is 0 Å². The Balaban J connectivity index is 2.56. The second-order valence-electron chi connectivity index (χ2n) is 5.69. The van der Waals surface area contributed by atoms with Gasteiger partial charge in [0, 0.05) is 24.4 Å². The molecular weight excluding hydrogens is 278 g/mol. The van der Waals surface area contributed by atoms with Crippen LogP contribution >= 0.6 is 11.8 Å². The van der Waals surface area contributed by atoms with Crippen molar-refractivity contribution >= 4 is 11.8 Å². The topological polar surface area (TPSA) is 29.9 Å². The van der Waals surface area contributed by atoms with Crippen LogP contribution in [-0.2, 0) is 6.42 Å². The van der Waals surface area contributed by atoms with Gasteiger partial charge in [-0.05, 0) is 44.0 Å². The molecular formula is C17H33N3S. The fourth-order valence-corrected chi connectivity index (χ4v) is 3.49. The van der Waals surface area contributed by atoms with E-state index >= 15 is 0 Å². The molecule has 0 saturated heterocycles. The first kappa shape index (κ1) is 18.6. The van der Waals surface area contributed by atoms with Gasteiger partial charge in [0.1, 0.15) is 0 Å². The van der Waals surface area contributed by atoms with Crippen molar-refractivity contribution < 1.29 is 0 Å². The molecule has 1 atom stereocenters. The smallest absolute Gasteiger partial charge is 0.0640 e. The van der Waals surface area contributed by atoms with Gasteiger partial charge in [-0.2, -0.15) is 16.9 Å². The summed E-state index contributed by atoms with van der Waals surface area (Å²) in [7, 11) is 0. The van der Waals surface area contributed by atoms with E-state index in [1.54, 1.807) is 0 Å². The molecule has 0 radical (unpaired) electrons. The highest BCUT2D eigenvalue weighted by atomic mass is 32.2. The van der Waals surface area contributed by atoms with Crippen molar-refractivity contribution in [3.8, 4) is 0 Å². The zero-order chi connectivity index (χ0) is 15.5. The minimum absolute atomic E-state index is 0.548. The number of thioether (sulfide) groups is 1. The number of hydrogen-bond acceptors (Lipinski definition) is 3. The second-order valence-corrected chi connectivity index (χ2v) is 6.84. The van der Waals surface area contributed by atoms with E-state index in [2.05, 4.69) is 61.7 Å². The molecule has 0 aliphatic heterocycles. The molecule has 1 aromatic heterocycles. The highest BCUT2D eigenvalue weighted by Crippen LogP contribution is 2.16. The Kier molecular flexibility index (Phi) is 9.85. The predicted molar refractivity (Wildman–Crippen MR) is 95.2 cm³/mol. The van der Waals surface area contributed by atoms with E-state index in [0.717, 1.165) is 25.8 Å². The van der Waals surface area contributed by atoms with Crippen molar-refractivity contribution in [3.63, 3.8) is 0 Å². The molecule has 1 heterocycles. The van der Waals surface area contributed by atoms with E-state index in [4.69, 9.17) is 5.10 Å². The molecule has 1 rings (SSSR count). The van der Waals surface area contributed by atoms with Gasteiger partial charge in [0.25, 0.3) is 0 Å². The zero-order valence-electron chi connectivity index (χ0n) is 14.3. The summed E-state index contributed by atoms with van der Waals surface area (Å²) < 4.78 is 2.16. The highest BCUT2D eigenvalue weighted by Gasteiger charge is 2.13. The molecule has 1 unspecified atom stereocenters. The highest BCUT2D eigenvalue weighted by molar-refractivity contribution is 7.99. The van der Waals surface area contributed by atoms with Crippen molar-refractivity contribution in [2.24, 2.45) is 0 Å². The van der Waals surface area contributed by atoms with Gasteiger partial charge in [-0.1, -0.05) is 27.7 Å². The van der Waals surface area contributed by atoms with E-state index in [1.165, 1.54) is 30.0 Å². The van der Waals surface area contributed by atoms with Crippen molar-refractivity contribution in [2.75, 3.05) is 18.1 Å². The lowest BCUT2D eigenvalue weighted by Gasteiger charge is -2.17. The first-order chi connectivity index (χ1) is 10.2. The summed E-state index contributed by atoms with van der Waals surface area (Å²) in [4.78, 5) is 0. The number of hydrogen-bond donors (Lipinski definition) is 1. The SMILES string of the molecule is CCCNC(CSCCC)Cc1ccn(C(CC)CC)n1. The van der Waals surface area contributed by atoms with Crippen LogP contribution in [0.25, 0.3) is 0 Å². The van der Waals surface area contributed by atoms with Gasteiger partial charge >= 0.3 is 0 Å². The molecule has 3 nitrogen and oxygen atoms in total. The standard InChI is InChI=1S/C17H33N3S/c1-5-10-18-16(14-21-12-6-2)13-15-9-11-20(19-15)17(7-3)8-4/h9,11,16-18H,5-8,10,12-14H2,1-4H3. The summed E-state index contributed by atoms with van der Waals surface area (Å²) in [6, 6.07) is 3.30. The van der Waals surface area contributed by atoms with E-state index in [9.17, 15) is 0 Å². The molecule has 0 aromatic carbocycles. The summed E-state index contributed by atoms with van der Waals surface area (Å²) in [5, 5.41) is 8.47. The molecule has 122 valence electrons. The van der Waals surface area contributed by atoms with Gasteiger partial charge in [0.05, 0.1) is 11.7 Å². The van der Waals surface area contributed by atoms with Crippen molar-refractivity contribution in [1.29, 1.82) is 0 Å². The normalized spacial score (nSPS) is 13.0. The van der Waals surface area contributed by atoms with Gasteiger partial charge in [0.2, 0.25) is 0 Å². The van der Waals surface area contributed by atoms with Gasteiger partial charge in [-0.15, -0.1) is 0 Å². The fourth-order valence-electron chi connectivity index (χ4n) is 2.51. The second kappa shape index (κ2) is 11.1. The van der Waals surface area contributed by atoms with Crippen LogP contribution in [0.4, 0.5) is 0 Å². The van der Waals surface area contributed by atoms with Crippen molar-refractivity contribution in [3.05, 3.63) is 18.0 Å². The number of nitrogens with one attached hydrogen (secondary N) is 1. The average molecular weight is 312 g/mol. The lowest BCUT2D eigenvalue weighted by molar-refractivity contribution is 0.423. The Labute approximate surface area is 135 Å². The monoisotopic (exact) mass is 311 g/mol. The van der Waals surface area contributed by atoms with Gasteiger partial charge in [-0.3, -0.25) is 4.68 Å². The third kappa shape index (κ3) is 6.88. The van der Waals surface area contributed by atoms with Gasteiger partial charge in [-0.25, -0.2) is 0 Å². The van der Waals surface area contributed by atoms with E-state index in [-0.39, 0.29) is 0 Å². The Bertz CT molecular complexity index is 361. The summed E-state index contributed by atoms with van der Waals surface area (Å²) in [6.45, 7) is 10.1. The predicted octanol–water partition coefficient (Wildman–Crippen LogP) is 4.30. The molecule has 21 heavy (non-hydrogen) atoms. The van der Waals surface area contributed by atoms with Crippen LogP contribution in [0.1, 0.15) is 65.1 Å². The maximum atomic E-state index is 4.80. The Morgan fingerprint density at radius 3 is 2.57 bits per heavy atom. The lowest BCUT2D eigenvalue weighted by atomic mass is 10.2. The molecule has 1 aromatic rings. The quantitative estimate of drug-likeness (QED) is 0.584. The number of aromatic nitrogens is 2. The molecule has 0 aliphatic rings. The molecule has 0 spiro atoms. The van der Waals surface area contributed by atoms with E-state index < -0.39 is 0 Å². The summed E-state index contributed by atoms with van der Waals surface area (Å²) in [5.41, 5.74) is 1.23. The molecule has 0 bridgehead atoms. The van der Waals surface area contributed by atoms with Crippen LogP contribution in [0.5, 0.6) is 0 Å². The van der Waals surface area contributed by atoms with Crippen molar-refractivity contribution in [1.82, 2.24) is 15.1 Å².